The van der Waals surface area contributed by atoms with Gasteiger partial charge in [-0.15, -0.1) is 11.3 Å². The number of anilines is 12. The van der Waals surface area contributed by atoms with Crippen LogP contribution in [0.15, 0.2) is 465 Å². The van der Waals surface area contributed by atoms with Crippen LogP contribution in [0.2, 0.25) is 0 Å². The van der Waals surface area contributed by atoms with Gasteiger partial charge in [-0.25, -0.2) is 0 Å². The van der Waals surface area contributed by atoms with Gasteiger partial charge in [0, 0.05) is 98.6 Å². The molecule has 0 bridgehead atoms. The Kier molecular flexibility index (Phi) is 18.4. The molecule has 5 nitrogen and oxygen atoms in total. The summed E-state index contributed by atoms with van der Waals surface area (Å²) in [4.78, 5) is 9.50. The molecule has 2 heterocycles. The topological polar surface area (TPSA) is 26.1 Å². The Balaban J connectivity index is 0.000000151. The maximum absolute atomic E-state index is 6.29. The lowest BCUT2D eigenvalue weighted by Gasteiger charge is -2.27. The molecule has 2 aromatic heterocycles. The zero-order valence-electron chi connectivity index (χ0n) is 64.5. The second-order valence-electron chi connectivity index (χ2n) is 30.0. The zero-order valence-corrected chi connectivity index (χ0v) is 65.3. The normalized spacial score (nSPS) is 11.4. The summed E-state index contributed by atoms with van der Waals surface area (Å²) in [6.45, 7) is 0. The zero-order chi connectivity index (χ0) is 78.2. The minimum Gasteiger partial charge on any atom is -0.456 e. The van der Waals surface area contributed by atoms with E-state index in [0.29, 0.717) is 0 Å². The van der Waals surface area contributed by atoms with Crippen LogP contribution >= 0.6 is 11.3 Å². The van der Waals surface area contributed by atoms with Crippen LogP contribution in [0.4, 0.5) is 68.2 Å². The van der Waals surface area contributed by atoms with Gasteiger partial charge >= 0.3 is 0 Å². The number of para-hydroxylation sites is 3. The van der Waals surface area contributed by atoms with E-state index in [1.54, 1.807) is 0 Å². The van der Waals surface area contributed by atoms with Crippen molar-refractivity contribution in [3.63, 3.8) is 0 Å². The molecule has 0 spiro atoms. The van der Waals surface area contributed by atoms with Crippen molar-refractivity contribution in [3.8, 4) is 44.5 Å². The van der Waals surface area contributed by atoms with Gasteiger partial charge in [0.05, 0.1) is 11.4 Å². The fraction of sp³-hybridized carbons (Fsp3) is 0. The highest BCUT2D eigenvalue weighted by atomic mass is 32.1. The number of fused-ring (bicyclic) bond motifs is 10. The molecule has 0 atom stereocenters. The van der Waals surface area contributed by atoms with Gasteiger partial charge in [-0.1, -0.05) is 303 Å². The SMILES string of the molecule is c1cc(-c2ccccc2-c2cccc(N(c3ccc4ccccc4c3)c3ccc4sc5ccccc5c4c3)c2)cc(N(c2ccc3ccccc3c2)c2ccc3oc4ccccc4c3c2)c1.c1ccc(N(c2cccc(-c3ccc(-c4cccc(N(c5ccccc5)c5cccc6ccccc56)c4)cc3)c2)c2cccc3ccccc23)cc1. The first-order chi connectivity index (χ1) is 58.5. The van der Waals surface area contributed by atoms with Crippen LogP contribution in [0.1, 0.15) is 0 Å². The number of rotatable bonds is 16. The van der Waals surface area contributed by atoms with E-state index in [0.717, 1.165) is 112 Å². The third kappa shape index (κ3) is 13.5. The fourth-order valence-electron chi connectivity index (χ4n) is 17.2. The van der Waals surface area contributed by atoms with Crippen LogP contribution in [0.25, 0.3) is 130 Å². The second kappa shape index (κ2) is 30.9. The summed E-state index contributed by atoms with van der Waals surface area (Å²) >= 11 is 1.85. The van der Waals surface area contributed by atoms with Crippen LogP contribution < -0.4 is 19.6 Å². The first kappa shape index (κ1) is 70.5. The van der Waals surface area contributed by atoms with E-state index in [-0.39, 0.29) is 0 Å². The van der Waals surface area contributed by atoms with Crippen molar-refractivity contribution < 1.29 is 4.42 Å². The monoisotopic (exact) mass is 1520 g/mol. The van der Waals surface area contributed by atoms with Gasteiger partial charge in [0.25, 0.3) is 0 Å². The van der Waals surface area contributed by atoms with Crippen molar-refractivity contribution in [2.75, 3.05) is 19.6 Å². The average molecular weight is 1530 g/mol. The molecule has 0 fully saturated rings. The highest BCUT2D eigenvalue weighted by Gasteiger charge is 2.23. The molecule has 0 amide bonds. The van der Waals surface area contributed by atoms with Gasteiger partial charge in [0.1, 0.15) is 11.2 Å². The maximum Gasteiger partial charge on any atom is 0.135 e. The standard InChI is InChI=1S/C62H40N2OS.C50H36N2/c1-3-15-43-35-49(29-27-41(43)13-1)63(51-31-33-60-57(39-51)55-23-7-9-25-59(55)65-60)47-19-11-17-45(37-47)53-21-5-6-22-54(53)46-18-12-20-48(38-46)64(50-30-28-42-14-2-4-16-44(42)36-50)52-32-34-62-58(40-52)56-24-8-10-26-61(56)66-62;1-3-21-43(22-4-1)51(49-29-13-17-39-15-7-9-27-47(39)49)45-25-11-19-41(35-45)37-31-33-38(34-32-37)42-20-12-26-46(36-42)52(44-23-5-2-6-24-44)50-30-14-18-40-16-8-10-28-48(40)50/h1-40H;1-36H. The number of furan rings is 1. The molecular formula is C112H76N4OS. The summed E-state index contributed by atoms with van der Waals surface area (Å²) in [5, 5.41) is 14.5. The van der Waals surface area contributed by atoms with E-state index < -0.39 is 0 Å². The fourth-order valence-corrected chi connectivity index (χ4v) is 18.2. The molecule has 0 unspecified atom stereocenters. The van der Waals surface area contributed by atoms with Crippen molar-refractivity contribution in [3.05, 3.63) is 461 Å². The number of benzene rings is 20. The molecule has 0 aliphatic rings. The lowest BCUT2D eigenvalue weighted by Crippen LogP contribution is -2.10. The summed E-state index contributed by atoms with van der Waals surface area (Å²) in [6, 6.07) is 166. The van der Waals surface area contributed by atoms with Crippen molar-refractivity contribution in [2.24, 2.45) is 0 Å². The van der Waals surface area contributed by atoms with Crippen molar-refractivity contribution in [1.29, 1.82) is 0 Å². The van der Waals surface area contributed by atoms with E-state index in [9.17, 15) is 0 Å². The summed E-state index contributed by atoms with van der Waals surface area (Å²) in [5.41, 5.74) is 24.4. The molecule has 22 aromatic rings. The highest BCUT2D eigenvalue weighted by molar-refractivity contribution is 7.25. The molecule has 0 aliphatic heterocycles. The molecule has 20 aromatic carbocycles. The van der Waals surface area contributed by atoms with Crippen LogP contribution in [0, 0.1) is 0 Å². The number of thiophene rings is 1. The summed E-state index contributed by atoms with van der Waals surface area (Å²) < 4.78 is 8.88. The highest BCUT2D eigenvalue weighted by Crippen LogP contribution is 2.48. The van der Waals surface area contributed by atoms with Gasteiger partial charge in [-0.2, -0.15) is 0 Å². The summed E-state index contributed by atoms with van der Waals surface area (Å²) in [6.07, 6.45) is 0. The Hall–Kier alpha value is -15.3. The van der Waals surface area contributed by atoms with E-state index in [4.69, 9.17) is 4.42 Å². The van der Waals surface area contributed by atoms with Gasteiger partial charge in [0.2, 0.25) is 0 Å². The van der Waals surface area contributed by atoms with Crippen molar-refractivity contribution >= 4 is 165 Å². The molecule has 118 heavy (non-hydrogen) atoms. The van der Waals surface area contributed by atoms with Gasteiger partial charge < -0.3 is 24.0 Å². The molecule has 22 rings (SSSR count). The van der Waals surface area contributed by atoms with E-state index in [1.165, 1.54) is 85.5 Å². The second-order valence-corrected chi connectivity index (χ2v) is 31.0. The number of hydrogen-bond acceptors (Lipinski definition) is 6. The smallest absolute Gasteiger partial charge is 0.135 e. The predicted octanol–water partition coefficient (Wildman–Crippen LogP) is 32.8. The number of hydrogen-bond donors (Lipinski definition) is 0. The molecule has 556 valence electrons. The Morgan fingerprint density at radius 3 is 1.03 bits per heavy atom. The molecule has 0 saturated heterocycles. The Morgan fingerprint density at radius 1 is 0.161 bits per heavy atom. The quantitative estimate of drug-likeness (QED) is 0.0961. The molecular weight excluding hydrogens is 1450 g/mol. The van der Waals surface area contributed by atoms with Crippen molar-refractivity contribution in [1.82, 2.24) is 0 Å². The first-order valence-electron chi connectivity index (χ1n) is 40.2. The van der Waals surface area contributed by atoms with Gasteiger partial charge in [-0.3, -0.25) is 0 Å². The van der Waals surface area contributed by atoms with Crippen LogP contribution in [0.5, 0.6) is 0 Å². The Labute approximate surface area is 689 Å². The van der Waals surface area contributed by atoms with E-state index in [2.05, 4.69) is 469 Å². The Morgan fingerprint density at radius 2 is 0.500 bits per heavy atom. The van der Waals surface area contributed by atoms with Gasteiger partial charge in [0.15, 0.2) is 0 Å². The third-order valence-electron chi connectivity index (χ3n) is 22.8. The first-order valence-corrected chi connectivity index (χ1v) is 41.0. The molecule has 6 heteroatoms. The number of nitrogens with zero attached hydrogens (tertiary/aromatic N) is 4. The average Bonchev–Trinajstić information content (AvgIpc) is 1.55. The predicted molar refractivity (Wildman–Crippen MR) is 504 cm³/mol. The summed E-state index contributed by atoms with van der Waals surface area (Å²) in [7, 11) is 0. The van der Waals surface area contributed by atoms with E-state index in [1.807, 2.05) is 23.5 Å². The van der Waals surface area contributed by atoms with Crippen LogP contribution in [0.3, 0.4) is 0 Å². The molecule has 0 saturated carbocycles. The van der Waals surface area contributed by atoms with E-state index >= 15 is 0 Å². The van der Waals surface area contributed by atoms with Gasteiger partial charge in [-0.05, 0) is 235 Å². The van der Waals surface area contributed by atoms with Crippen molar-refractivity contribution in [2.45, 2.75) is 0 Å². The minimum atomic E-state index is 0.878. The minimum absolute atomic E-state index is 0.878. The molecule has 0 radical (unpaired) electrons. The summed E-state index contributed by atoms with van der Waals surface area (Å²) in [5.74, 6) is 0. The van der Waals surface area contributed by atoms with Crippen LogP contribution in [-0.4, -0.2) is 0 Å². The molecule has 0 N–H and O–H groups in total. The Bertz CT molecular complexity index is 7040. The van der Waals surface area contributed by atoms with Crippen LogP contribution in [-0.2, 0) is 0 Å². The largest absolute Gasteiger partial charge is 0.456 e. The lowest BCUT2D eigenvalue weighted by atomic mass is 9.93. The third-order valence-corrected chi connectivity index (χ3v) is 23.9. The molecule has 0 aliphatic carbocycles. The lowest BCUT2D eigenvalue weighted by molar-refractivity contribution is 0.669. The maximum atomic E-state index is 6.29.